The molecule has 1 rings (SSSR count). The van der Waals surface area contributed by atoms with Gasteiger partial charge in [0.2, 0.25) is 0 Å². The second-order valence-corrected chi connectivity index (χ2v) is 5.38. The van der Waals surface area contributed by atoms with Crippen LogP contribution in [0.2, 0.25) is 0 Å². The van der Waals surface area contributed by atoms with Gasteiger partial charge in [-0.05, 0) is 18.6 Å². The Hall–Kier alpha value is -0.650. The zero-order chi connectivity index (χ0) is 12.8. The lowest BCUT2D eigenvalue weighted by Crippen LogP contribution is -2.31. The van der Waals surface area contributed by atoms with Crippen molar-refractivity contribution in [3.05, 3.63) is 35.4 Å². The first-order chi connectivity index (χ1) is 8.10. The van der Waals surface area contributed by atoms with E-state index in [1.54, 1.807) is 11.8 Å². The fourth-order valence-electron chi connectivity index (χ4n) is 1.44. The van der Waals surface area contributed by atoms with Crippen molar-refractivity contribution < 1.29 is 8.78 Å². The lowest BCUT2D eigenvalue weighted by Gasteiger charge is -2.19. The lowest BCUT2D eigenvalue weighted by atomic mass is 10.1. The molecule has 0 heterocycles. The molecule has 0 saturated carbocycles. The number of hydrogen-bond donors (Lipinski definition) is 2. The molecule has 5 heteroatoms. The minimum absolute atomic E-state index is 0.0193. The standard InChI is InChI=1S/C12H18F2N2S/c1-3-8(2)17-7-11(16-15)12-9(13)5-4-6-10(12)14/h4-6,8,11,16H,3,7,15H2,1-2H3. The van der Waals surface area contributed by atoms with E-state index < -0.39 is 17.7 Å². The topological polar surface area (TPSA) is 38.0 Å². The third-order valence-corrected chi connectivity index (χ3v) is 4.10. The van der Waals surface area contributed by atoms with Crippen molar-refractivity contribution in [3.63, 3.8) is 0 Å². The molecular weight excluding hydrogens is 242 g/mol. The van der Waals surface area contributed by atoms with E-state index in [4.69, 9.17) is 5.84 Å². The van der Waals surface area contributed by atoms with Crippen LogP contribution in [-0.4, -0.2) is 11.0 Å². The highest BCUT2D eigenvalue weighted by Crippen LogP contribution is 2.26. The monoisotopic (exact) mass is 260 g/mol. The summed E-state index contributed by atoms with van der Waals surface area (Å²) in [6.07, 6.45) is 1.02. The molecule has 0 aliphatic heterocycles. The molecule has 0 bridgehead atoms. The first kappa shape index (κ1) is 14.4. The molecule has 0 aromatic heterocycles. The maximum Gasteiger partial charge on any atom is 0.130 e. The van der Waals surface area contributed by atoms with E-state index >= 15 is 0 Å². The molecule has 2 nitrogen and oxygen atoms in total. The van der Waals surface area contributed by atoms with Gasteiger partial charge in [-0.15, -0.1) is 0 Å². The molecule has 17 heavy (non-hydrogen) atoms. The predicted molar refractivity (Wildman–Crippen MR) is 68.6 cm³/mol. The second kappa shape index (κ2) is 6.93. The third kappa shape index (κ3) is 3.94. The highest BCUT2D eigenvalue weighted by Gasteiger charge is 2.19. The number of rotatable bonds is 6. The van der Waals surface area contributed by atoms with E-state index in [2.05, 4.69) is 19.3 Å². The van der Waals surface area contributed by atoms with E-state index in [0.717, 1.165) is 6.42 Å². The molecule has 0 fully saturated rings. The Kier molecular flexibility index (Phi) is 5.88. The fourth-order valence-corrected chi connectivity index (χ4v) is 2.46. The van der Waals surface area contributed by atoms with Gasteiger partial charge in [0.1, 0.15) is 11.6 Å². The molecule has 1 aromatic carbocycles. The Morgan fingerprint density at radius 2 is 1.94 bits per heavy atom. The van der Waals surface area contributed by atoms with Gasteiger partial charge in [0, 0.05) is 16.6 Å². The molecule has 0 radical (unpaired) electrons. The van der Waals surface area contributed by atoms with Crippen LogP contribution in [0.1, 0.15) is 31.9 Å². The molecule has 96 valence electrons. The summed E-state index contributed by atoms with van der Waals surface area (Å²) in [6, 6.07) is 3.34. The number of thioether (sulfide) groups is 1. The molecule has 3 N–H and O–H groups in total. The average Bonchev–Trinajstić information content (AvgIpc) is 2.32. The van der Waals surface area contributed by atoms with Gasteiger partial charge in [-0.3, -0.25) is 11.3 Å². The summed E-state index contributed by atoms with van der Waals surface area (Å²) in [4.78, 5) is 0. The minimum Gasteiger partial charge on any atom is -0.271 e. The van der Waals surface area contributed by atoms with Crippen LogP contribution >= 0.6 is 11.8 Å². The molecule has 2 unspecified atom stereocenters. The van der Waals surface area contributed by atoms with E-state index in [1.807, 2.05) is 0 Å². The quantitative estimate of drug-likeness (QED) is 0.610. The minimum atomic E-state index is -0.558. The zero-order valence-electron chi connectivity index (χ0n) is 10.0. The first-order valence-corrected chi connectivity index (χ1v) is 6.66. The van der Waals surface area contributed by atoms with Crippen LogP contribution in [0, 0.1) is 11.6 Å². The van der Waals surface area contributed by atoms with Gasteiger partial charge in [-0.2, -0.15) is 11.8 Å². The van der Waals surface area contributed by atoms with Crippen molar-refractivity contribution in [3.8, 4) is 0 Å². The van der Waals surface area contributed by atoms with Crippen molar-refractivity contribution >= 4 is 11.8 Å². The van der Waals surface area contributed by atoms with Crippen LogP contribution in [0.3, 0.4) is 0 Å². The Labute approximate surface area is 105 Å². The average molecular weight is 260 g/mol. The zero-order valence-corrected chi connectivity index (χ0v) is 10.9. The molecule has 2 atom stereocenters. The molecule has 0 aliphatic carbocycles. The van der Waals surface area contributed by atoms with Crippen molar-refractivity contribution in [2.24, 2.45) is 5.84 Å². The van der Waals surface area contributed by atoms with Crippen molar-refractivity contribution in [2.45, 2.75) is 31.6 Å². The third-order valence-electron chi connectivity index (χ3n) is 2.67. The molecule has 0 saturated heterocycles. The largest absolute Gasteiger partial charge is 0.271 e. The van der Waals surface area contributed by atoms with Crippen LogP contribution in [0.25, 0.3) is 0 Å². The number of nitrogens with one attached hydrogen (secondary N) is 1. The number of hydrogen-bond acceptors (Lipinski definition) is 3. The van der Waals surface area contributed by atoms with Crippen LogP contribution in [0.4, 0.5) is 8.78 Å². The predicted octanol–water partition coefficient (Wildman–Crippen LogP) is 3.00. The normalized spacial score (nSPS) is 14.6. The maximum atomic E-state index is 13.5. The highest BCUT2D eigenvalue weighted by atomic mass is 32.2. The molecule has 0 spiro atoms. The van der Waals surface area contributed by atoms with E-state index in [9.17, 15) is 8.78 Å². The maximum absolute atomic E-state index is 13.5. The smallest absolute Gasteiger partial charge is 0.130 e. The Bertz CT molecular complexity index is 340. The Balaban J connectivity index is 2.79. The fraction of sp³-hybridized carbons (Fsp3) is 0.500. The summed E-state index contributed by atoms with van der Waals surface area (Å²) in [6.45, 7) is 4.15. The first-order valence-electron chi connectivity index (χ1n) is 5.61. The van der Waals surface area contributed by atoms with Gasteiger partial charge in [-0.1, -0.05) is 19.9 Å². The summed E-state index contributed by atoms with van der Waals surface area (Å²) < 4.78 is 27.1. The number of halogens is 2. The summed E-state index contributed by atoms with van der Waals surface area (Å²) in [7, 11) is 0. The van der Waals surface area contributed by atoms with Crippen molar-refractivity contribution in [2.75, 3.05) is 5.75 Å². The molecule has 0 aliphatic rings. The number of nitrogens with two attached hydrogens (primary N) is 1. The summed E-state index contributed by atoms with van der Waals surface area (Å²) in [5, 5.41) is 0.445. The molecule has 1 aromatic rings. The Morgan fingerprint density at radius 1 is 1.35 bits per heavy atom. The van der Waals surface area contributed by atoms with Crippen LogP contribution in [0.15, 0.2) is 18.2 Å². The number of benzene rings is 1. The second-order valence-electron chi connectivity index (χ2n) is 3.91. The van der Waals surface area contributed by atoms with Gasteiger partial charge < -0.3 is 0 Å². The summed E-state index contributed by atoms with van der Waals surface area (Å²) >= 11 is 1.65. The van der Waals surface area contributed by atoms with Crippen molar-refractivity contribution in [1.29, 1.82) is 0 Å². The van der Waals surface area contributed by atoms with E-state index in [0.29, 0.717) is 11.0 Å². The highest BCUT2D eigenvalue weighted by molar-refractivity contribution is 7.99. The van der Waals surface area contributed by atoms with Gasteiger partial charge >= 0.3 is 0 Å². The summed E-state index contributed by atoms with van der Waals surface area (Å²) in [5.74, 6) is 4.80. The Morgan fingerprint density at radius 3 is 2.41 bits per heavy atom. The van der Waals surface area contributed by atoms with Gasteiger partial charge in [0.15, 0.2) is 0 Å². The summed E-state index contributed by atoms with van der Waals surface area (Å²) in [5.41, 5.74) is 2.50. The van der Waals surface area contributed by atoms with Crippen LogP contribution < -0.4 is 11.3 Å². The lowest BCUT2D eigenvalue weighted by molar-refractivity contribution is 0.499. The molecular formula is C12H18F2N2S. The van der Waals surface area contributed by atoms with E-state index in [1.165, 1.54) is 18.2 Å². The SMILES string of the molecule is CCC(C)SCC(NN)c1c(F)cccc1F. The van der Waals surface area contributed by atoms with Crippen molar-refractivity contribution in [1.82, 2.24) is 5.43 Å². The molecule has 0 amide bonds. The van der Waals surface area contributed by atoms with Crippen LogP contribution in [0.5, 0.6) is 0 Å². The van der Waals surface area contributed by atoms with E-state index in [-0.39, 0.29) is 5.56 Å². The van der Waals surface area contributed by atoms with Gasteiger partial charge in [0.05, 0.1) is 6.04 Å². The number of hydrazine groups is 1. The van der Waals surface area contributed by atoms with Crippen LogP contribution in [-0.2, 0) is 0 Å². The van der Waals surface area contributed by atoms with Gasteiger partial charge in [-0.25, -0.2) is 8.78 Å². The van der Waals surface area contributed by atoms with Gasteiger partial charge in [0.25, 0.3) is 0 Å².